The average molecular weight is 398 g/mol. The number of carbonyl (C=O) groups is 2. The van der Waals surface area contributed by atoms with Crippen LogP contribution in [0.25, 0.3) is 0 Å². The summed E-state index contributed by atoms with van der Waals surface area (Å²) in [6.07, 6.45) is 1.62. The molecule has 2 aromatic rings. The van der Waals surface area contributed by atoms with Gasteiger partial charge in [0.05, 0.1) is 5.56 Å². The van der Waals surface area contributed by atoms with Crippen LogP contribution >= 0.6 is 0 Å². The molecule has 0 atom stereocenters. The molecule has 3 N–H and O–H groups in total. The van der Waals surface area contributed by atoms with E-state index in [2.05, 4.69) is 20.9 Å². The van der Waals surface area contributed by atoms with Crippen LogP contribution in [0.4, 0.5) is 14.9 Å². The van der Waals surface area contributed by atoms with Crippen LogP contribution in [-0.2, 0) is 6.54 Å². The third-order valence-corrected chi connectivity index (χ3v) is 5.05. The Bertz CT molecular complexity index is 850. The first-order valence-corrected chi connectivity index (χ1v) is 9.98. The van der Waals surface area contributed by atoms with Gasteiger partial charge in [-0.3, -0.25) is 4.79 Å². The van der Waals surface area contributed by atoms with Gasteiger partial charge < -0.3 is 20.9 Å². The lowest BCUT2D eigenvalue weighted by atomic mass is 10.0. The second-order valence-corrected chi connectivity index (χ2v) is 7.06. The molecule has 0 aromatic heterocycles. The Morgan fingerprint density at radius 2 is 1.72 bits per heavy atom. The van der Waals surface area contributed by atoms with Crippen molar-refractivity contribution in [2.24, 2.45) is 0 Å². The Morgan fingerprint density at radius 1 is 1.03 bits per heavy atom. The number of hydrogen-bond donors (Lipinski definition) is 3. The molecule has 0 radical (unpaired) electrons. The van der Waals surface area contributed by atoms with Crippen molar-refractivity contribution in [1.82, 2.24) is 16.0 Å². The van der Waals surface area contributed by atoms with Gasteiger partial charge in [-0.25, -0.2) is 9.18 Å². The van der Waals surface area contributed by atoms with Gasteiger partial charge in [0.2, 0.25) is 0 Å². The van der Waals surface area contributed by atoms with Gasteiger partial charge in [-0.15, -0.1) is 0 Å². The quantitative estimate of drug-likeness (QED) is 0.700. The first kappa shape index (κ1) is 20.6. The summed E-state index contributed by atoms with van der Waals surface area (Å²) in [4.78, 5) is 26.6. The van der Waals surface area contributed by atoms with Gasteiger partial charge in [-0.1, -0.05) is 30.3 Å². The van der Waals surface area contributed by atoms with Crippen LogP contribution in [0, 0.1) is 5.82 Å². The van der Waals surface area contributed by atoms with E-state index in [-0.39, 0.29) is 30.3 Å². The molecule has 29 heavy (non-hydrogen) atoms. The fourth-order valence-electron chi connectivity index (χ4n) is 3.52. The molecule has 1 aliphatic heterocycles. The summed E-state index contributed by atoms with van der Waals surface area (Å²) in [5.41, 5.74) is 1.88. The van der Waals surface area contributed by atoms with E-state index in [0.717, 1.165) is 31.6 Å². The number of nitrogens with one attached hydrogen (secondary N) is 3. The molecule has 2 aromatic carbocycles. The number of hydrogen-bond acceptors (Lipinski definition) is 3. The summed E-state index contributed by atoms with van der Waals surface area (Å²) in [6.45, 7) is 4.11. The highest BCUT2D eigenvalue weighted by molar-refractivity contribution is 5.99. The number of urea groups is 1. The Hall–Kier alpha value is -3.09. The van der Waals surface area contributed by atoms with Crippen LogP contribution < -0.4 is 20.9 Å². The predicted molar refractivity (Wildman–Crippen MR) is 111 cm³/mol. The van der Waals surface area contributed by atoms with Crippen molar-refractivity contribution in [3.05, 3.63) is 65.5 Å². The molecule has 3 rings (SSSR count). The van der Waals surface area contributed by atoms with Crippen molar-refractivity contribution < 1.29 is 14.0 Å². The van der Waals surface area contributed by atoms with E-state index in [9.17, 15) is 14.0 Å². The average Bonchev–Trinajstić information content (AvgIpc) is 2.74. The van der Waals surface area contributed by atoms with Crippen molar-refractivity contribution in [1.29, 1.82) is 0 Å². The fraction of sp³-hybridized carbons (Fsp3) is 0.364. The minimum absolute atomic E-state index is 0.125. The number of nitrogens with zero attached hydrogens (tertiary/aromatic N) is 1. The number of carbonyl (C=O) groups excluding carboxylic acids is 2. The van der Waals surface area contributed by atoms with Crippen molar-refractivity contribution in [2.75, 3.05) is 24.5 Å². The lowest BCUT2D eigenvalue weighted by Gasteiger charge is -2.34. The molecular weight excluding hydrogens is 371 g/mol. The highest BCUT2D eigenvalue weighted by Crippen LogP contribution is 2.24. The smallest absolute Gasteiger partial charge is 0.314 e. The summed E-state index contributed by atoms with van der Waals surface area (Å²) in [5, 5.41) is 8.54. The third kappa shape index (κ3) is 5.47. The van der Waals surface area contributed by atoms with Crippen LogP contribution in [0.5, 0.6) is 0 Å². The first-order chi connectivity index (χ1) is 14.1. The largest absolute Gasteiger partial charge is 0.371 e. The Morgan fingerprint density at radius 3 is 2.45 bits per heavy atom. The number of benzene rings is 2. The van der Waals surface area contributed by atoms with Crippen molar-refractivity contribution in [3.8, 4) is 0 Å². The minimum atomic E-state index is -0.331. The number of piperidine rings is 1. The summed E-state index contributed by atoms with van der Waals surface area (Å²) < 4.78 is 13.8. The predicted octanol–water partition coefficient (Wildman–Crippen LogP) is 3.04. The maximum Gasteiger partial charge on any atom is 0.314 e. The van der Waals surface area contributed by atoms with Gasteiger partial charge in [0, 0.05) is 43.5 Å². The number of amides is 3. The van der Waals surface area contributed by atoms with Crippen molar-refractivity contribution in [3.63, 3.8) is 0 Å². The maximum absolute atomic E-state index is 13.8. The molecule has 0 saturated carbocycles. The van der Waals surface area contributed by atoms with Crippen LogP contribution in [0.15, 0.2) is 48.5 Å². The van der Waals surface area contributed by atoms with Gasteiger partial charge in [-0.2, -0.15) is 0 Å². The molecule has 1 fully saturated rings. The van der Waals surface area contributed by atoms with Crippen LogP contribution in [-0.4, -0.2) is 37.6 Å². The third-order valence-electron chi connectivity index (χ3n) is 5.05. The molecule has 1 aliphatic rings. The number of halogens is 1. The van der Waals surface area contributed by atoms with Crippen LogP contribution in [0.1, 0.15) is 35.7 Å². The molecule has 6 nitrogen and oxygen atoms in total. The fourth-order valence-corrected chi connectivity index (χ4v) is 3.52. The first-order valence-electron chi connectivity index (χ1n) is 9.98. The zero-order chi connectivity index (χ0) is 20.6. The molecule has 1 heterocycles. The number of para-hydroxylation sites is 1. The van der Waals surface area contributed by atoms with Gasteiger partial charge in [0.1, 0.15) is 5.82 Å². The monoisotopic (exact) mass is 398 g/mol. The topological polar surface area (TPSA) is 73.5 Å². The Labute approximate surface area is 170 Å². The molecule has 154 valence electrons. The van der Waals surface area contributed by atoms with Crippen LogP contribution in [0.2, 0.25) is 0 Å². The molecular formula is C22H27FN4O2. The molecule has 0 spiro atoms. The number of anilines is 1. The van der Waals surface area contributed by atoms with Gasteiger partial charge in [0.15, 0.2) is 0 Å². The second kappa shape index (κ2) is 9.91. The van der Waals surface area contributed by atoms with Gasteiger partial charge >= 0.3 is 6.03 Å². The number of rotatable bonds is 6. The summed E-state index contributed by atoms with van der Waals surface area (Å²) in [6, 6.07) is 13.8. The van der Waals surface area contributed by atoms with E-state index in [0.29, 0.717) is 17.7 Å². The normalized spacial score (nSPS) is 14.3. The van der Waals surface area contributed by atoms with Crippen molar-refractivity contribution in [2.45, 2.75) is 32.4 Å². The molecule has 3 amide bonds. The SMILES string of the molecule is CCNC(=O)NC1CCN(c2ccccc2C(=O)NCc2ccccc2F)CC1. The van der Waals surface area contributed by atoms with E-state index in [1.54, 1.807) is 24.3 Å². The Balaban J connectivity index is 1.61. The molecule has 0 aliphatic carbocycles. The van der Waals surface area contributed by atoms with E-state index in [1.807, 2.05) is 25.1 Å². The van der Waals surface area contributed by atoms with Crippen LogP contribution in [0.3, 0.4) is 0 Å². The second-order valence-electron chi connectivity index (χ2n) is 7.06. The minimum Gasteiger partial charge on any atom is -0.371 e. The lowest BCUT2D eigenvalue weighted by Crippen LogP contribution is -2.48. The summed E-state index contributed by atoms with van der Waals surface area (Å²) in [7, 11) is 0. The Kier molecular flexibility index (Phi) is 7.05. The molecule has 0 bridgehead atoms. The highest BCUT2D eigenvalue weighted by atomic mass is 19.1. The van der Waals surface area contributed by atoms with E-state index in [1.165, 1.54) is 6.07 Å². The van der Waals surface area contributed by atoms with Gasteiger partial charge in [0.25, 0.3) is 5.91 Å². The summed E-state index contributed by atoms with van der Waals surface area (Å²) >= 11 is 0. The standard InChI is InChI=1S/C22H27FN4O2/c1-2-24-22(29)26-17-11-13-27(14-12-17)20-10-6-4-8-18(20)21(28)25-15-16-7-3-5-9-19(16)23/h3-10,17H,2,11-15H2,1H3,(H,25,28)(H2,24,26,29). The molecule has 1 saturated heterocycles. The van der Waals surface area contributed by atoms with E-state index < -0.39 is 0 Å². The van der Waals surface area contributed by atoms with E-state index >= 15 is 0 Å². The summed E-state index contributed by atoms with van der Waals surface area (Å²) in [5.74, 6) is -0.561. The zero-order valence-corrected chi connectivity index (χ0v) is 16.6. The van der Waals surface area contributed by atoms with E-state index in [4.69, 9.17) is 0 Å². The van der Waals surface area contributed by atoms with Gasteiger partial charge in [-0.05, 0) is 38.0 Å². The zero-order valence-electron chi connectivity index (χ0n) is 16.6. The maximum atomic E-state index is 13.8. The lowest BCUT2D eigenvalue weighted by molar-refractivity contribution is 0.0951. The van der Waals surface area contributed by atoms with Crippen molar-refractivity contribution >= 4 is 17.6 Å². The molecule has 0 unspecified atom stereocenters. The molecule has 7 heteroatoms. The highest BCUT2D eigenvalue weighted by Gasteiger charge is 2.23.